The van der Waals surface area contributed by atoms with Crippen molar-refractivity contribution >= 4 is 8.25 Å². The summed E-state index contributed by atoms with van der Waals surface area (Å²) < 4.78 is 20.7. The van der Waals surface area contributed by atoms with Gasteiger partial charge in [-0.2, -0.15) is 0 Å². The Hall–Kier alpha value is -1.38. The van der Waals surface area contributed by atoms with Crippen LogP contribution in [0.5, 0.6) is 11.5 Å². The number of hydrogen-bond acceptors (Lipinski definition) is 4. The number of aromatic hydroxyl groups is 1. The molecule has 0 saturated carbocycles. The summed E-state index contributed by atoms with van der Waals surface area (Å²) in [6, 6.07) is 5.87. The van der Waals surface area contributed by atoms with Crippen LogP contribution in [0.15, 0.2) is 36.9 Å². The van der Waals surface area contributed by atoms with Crippen LogP contribution in [0.25, 0.3) is 0 Å². The van der Waals surface area contributed by atoms with Crippen molar-refractivity contribution in [2.75, 3.05) is 6.61 Å². The molecule has 14 heavy (non-hydrogen) atoms. The van der Waals surface area contributed by atoms with E-state index < -0.39 is 8.25 Å². The van der Waals surface area contributed by atoms with Gasteiger partial charge in [-0.25, -0.2) is 4.52 Å². The number of hydrogen-bond donors (Lipinski definition) is 1. The minimum absolute atomic E-state index is 0.125. The molecule has 0 spiro atoms. The molecule has 1 rings (SSSR count). The third-order valence-corrected chi connectivity index (χ3v) is 2.03. The Kier molecular flexibility index (Phi) is 4.11. The fourth-order valence-corrected chi connectivity index (χ4v) is 1.31. The molecule has 1 N–H and O–H groups in total. The first-order valence-electron chi connectivity index (χ1n) is 3.90. The Morgan fingerprint density at radius 2 is 2.07 bits per heavy atom. The highest BCUT2D eigenvalue weighted by Crippen LogP contribution is 2.28. The van der Waals surface area contributed by atoms with Gasteiger partial charge >= 0.3 is 8.25 Å². The van der Waals surface area contributed by atoms with Gasteiger partial charge in [0, 0.05) is 4.57 Å². The molecule has 0 amide bonds. The van der Waals surface area contributed by atoms with Crippen LogP contribution >= 0.6 is 8.25 Å². The molecule has 74 valence electrons. The van der Waals surface area contributed by atoms with Gasteiger partial charge in [-0.3, -0.25) is 0 Å². The van der Waals surface area contributed by atoms with E-state index in [1.165, 1.54) is 30.3 Å². The zero-order valence-corrected chi connectivity index (χ0v) is 8.31. The fraction of sp³-hybridized carbons (Fsp3) is 0.111. The molecule has 0 radical (unpaired) electrons. The number of rotatable bonds is 5. The second-order valence-electron chi connectivity index (χ2n) is 2.39. The summed E-state index contributed by atoms with van der Waals surface area (Å²) in [7, 11) is -2.18. The molecule has 0 heterocycles. The van der Waals surface area contributed by atoms with Crippen molar-refractivity contribution < 1.29 is 18.7 Å². The molecule has 1 aromatic rings. The predicted molar refractivity (Wildman–Crippen MR) is 52.5 cm³/mol. The van der Waals surface area contributed by atoms with Gasteiger partial charge in [0.15, 0.2) is 5.75 Å². The summed E-state index contributed by atoms with van der Waals surface area (Å²) in [6.45, 7) is 3.58. The van der Waals surface area contributed by atoms with Crippen LogP contribution in [0.4, 0.5) is 0 Å². The van der Waals surface area contributed by atoms with E-state index in [0.29, 0.717) is 5.75 Å². The zero-order valence-electron chi connectivity index (χ0n) is 7.42. The van der Waals surface area contributed by atoms with Gasteiger partial charge in [0.25, 0.3) is 0 Å². The van der Waals surface area contributed by atoms with Crippen molar-refractivity contribution in [2.24, 2.45) is 0 Å². The van der Waals surface area contributed by atoms with E-state index in [4.69, 9.17) is 14.2 Å². The summed E-state index contributed by atoms with van der Waals surface area (Å²) >= 11 is 0. The van der Waals surface area contributed by atoms with E-state index in [1.54, 1.807) is 0 Å². The van der Waals surface area contributed by atoms with Crippen LogP contribution in [-0.2, 0) is 9.09 Å². The van der Waals surface area contributed by atoms with Crippen molar-refractivity contribution in [3.8, 4) is 11.5 Å². The molecular formula is C9H10O4P+. The second-order valence-corrected chi connectivity index (χ2v) is 3.28. The molecule has 1 atom stereocenters. The molecule has 4 nitrogen and oxygen atoms in total. The van der Waals surface area contributed by atoms with Crippen LogP contribution in [0.3, 0.4) is 0 Å². The highest BCUT2D eigenvalue weighted by molar-refractivity contribution is 7.33. The van der Waals surface area contributed by atoms with Crippen molar-refractivity contribution in [1.82, 2.24) is 0 Å². The largest absolute Gasteiger partial charge is 0.750 e. The van der Waals surface area contributed by atoms with E-state index >= 15 is 0 Å². The molecule has 5 heteroatoms. The molecule has 0 aromatic heterocycles. The lowest BCUT2D eigenvalue weighted by Gasteiger charge is -1.92. The van der Waals surface area contributed by atoms with Crippen LogP contribution in [-0.4, -0.2) is 11.7 Å². The number of phenolic OH excluding ortho intramolecular Hbond substituents is 1. The maximum Gasteiger partial charge on any atom is 0.750 e. The van der Waals surface area contributed by atoms with Gasteiger partial charge < -0.3 is 5.11 Å². The average Bonchev–Trinajstić information content (AvgIpc) is 2.18. The van der Waals surface area contributed by atoms with Gasteiger partial charge in [0.2, 0.25) is 0 Å². The van der Waals surface area contributed by atoms with E-state index in [2.05, 4.69) is 6.58 Å². The Bertz CT molecular complexity index is 320. The molecule has 0 saturated heterocycles. The van der Waals surface area contributed by atoms with Crippen molar-refractivity contribution in [3.63, 3.8) is 0 Å². The highest BCUT2D eigenvalue weighted by Gasteiger charge is 2.20. The second kappa shape index (κ2) is 5.37. The summed E-state index contributed by atoms with van der Waals surface area (Å²) in [5, 5.41) is 8.96. The first-order chi connectivity index (χ1) is 6.72. The van der Waals surface area contributed by atoms with Gasteiger partial charge in [-0.1, -0.05) is 6.08 Å². The number of phenols is 1. The lowest BCUT2D eigenvalue weighted by atomic mass is 10.3. The molecule has 0 fully saturated rings. The van der Waals surface area contributed by atoms with Crippen LogP contribution in [0, 0.1) is 0 Å². The van der Waals surface area contributed by atoms with Crippen LogP contribution < -0.4 is 4.52 Å². The molecule has 0 aliphatic heterocycles. The lowest BCUT2D eigenvalue weighted by molar-refractivity contribution is 0.317. The Balaban J connectivity index is 2.47. The summed E-state index contributed by atoms with van der Waals surface area (Å²) in [4.78, 5) is 0. The van der Waals surface area contributed by atoms with E-state index in [9.17, 15) is 4.57 Å². The Labute approximate surface area is 82.7 Å². The third kappa shape index (κ3) is 3.56. The van der Waals surface area contributed by atoms with Gasteiger partial charge in [-0.15, -0.1) is 11.1 Å². The molecule has 0 aliphatic carbocycles. The van der Waals surface area contributed by atoms with E-state index in [0.717, 1.165) is 0 Å². The third-order valence-electron chi connectivity index (χ3n) is 1.31. The lowest BCUT2D eigenvalue weighted by Crippen LogP contribution is -1.86. The molecular weight excluding hydrogens is 203 g/mol. The van der Waals surface area contributed by atoms with Crippen molar-refractivity contribution in [1.29, 1.82) is 0 Å². The standard InChI is InChI=1S/C9H9O4P/c1-2-7-12-14(11)13-9-5-3-8(10)4-6-9/h2-6H,1,7H2/p+1. The van der Waals surface area contributed by atoms with Crippen molar-refractivity contribution in [2.45, 2.75) is 0 Å². The topological polar surface area (TPSA) is 55.8 Å². The SMILES string of the molecule is C=CCO[P+](=O)Oc1ccc(O)cc1. The van der Waals surface area contributed by atoms with E-state index in [-0.39, 0.29) is 12.4 Å². The molecule has 0 aliphatic rings. The smallest absolute Gasteiger partial charge is 0.508 e. The quantitative estimate of drug-likeness (QED) is 0.603. The maximum absolute atomic E-state index is 11.0. The number of benzene rings is 1. The maximum atomic E-state index is 11.0. The van der Waals surface area contributed by atoms with Gasteiger partial charge in [0.1, 0.15) is 12.4 Å². The minimum atomic E-state index is -2.18. The highest BCUT2D eigenvalue weighted by atomic mass is 31.1. The van der Waals surface area contributed by atoms with E-state index in [1.807, 2.05) is 0 Å². The fourth-order valence-electron chi connectivity index (χ4n) is 0.733. The average molecular weight is 213 g/mol. The zero-order chi connectivity index (χ0) is 10.4. The monoisotopic (exact) mass is 213 g/mol. The molecule has 1 unspecified atom stereocenters. The first-order valence-corrected chi connectivity index (χ1v) is 5.00. The van der Waals surface area contributed by atoms with Gasteiger partial charge in [-0.05, 0) is 24.3 Å². The summed E-state index contributed by atoms with van der Waals surface area (Å²) in [6.07, 6.45) is 1.48. The van der Waals surface area contributed by atoms with Crippen molar-refractivity contribution in [3.05, 3.63) is 36.9 Å². The predicted octanol–water partition coefficient (Wildman–Crippen LogP) is 2.63. The Morgan fingerprint density at radius 3 is 2.64 bits per heavy atom. The minimum Gasteiger partial charge on any atom is -0.508 e. The van der Waals surface area contributed by atoms with Crippen LogP contribution in [0.1, 0.15) is 0 Å². The first kappa shape index (κ1) is 10.7. The summed E-state index contributed by atoms with van der Waals surface area (Å²) in [5.41, 5.74) is 0. The van der Waals surface area contributed by atoms with Gasteiger partial charge in [0.05, 0.1) is 0 Å². The molecule has 0 bridgehead atoms. The van der Waals surface area contributed by atoms with Crippen LogP contribution in [0.2, 0.25) is 0 Å². The Morgan fingerprint density at radius 1 is 1.43 bits per heavy atom. The normalized spacial score (nSPS) is 10.7. The molecule has 1 aromatic carbocycles. The summed E-state index contributed by atoms with van der Waals surface area (Å²) in [5.74, 6) is 0.507.